The van der Waals surface area contributed by atoms with E-state index in [4.69, 9.17) is 21.4 Å². The van der Waals surface area contributed by atoms with Crippen LogP contribution in [0.25, 0.3) is 16.9 Å². The molecule has 0 atom stereocenters. The van der Waals surface area contributed by atoms with Gasteiger partial charge in [-0.3, -0.25) is 0 Å². The van der Waals surface area contributed by atoms with Gasteiger partial charge in [0.2, 0.25) is 0 Å². The van der Waals surface area contributed by atoms with Gasteiger partial charge in [-0.1, -0.05) is 23.7 Å². The Morgan fingerprint density at radius 3 is 2.76 bits per heavy atom. The summed E-state index contributed by atoms with van der Waals surface area (Å²) in [6.07, 6.45) is 3.33. The molecule has 0 amide bonds. The van der Waals surface area contributed by atoms with Crippen LogP contribution in [-0.4, -0.2) is 23.4 Å². The summed E-state index contributed by atoms with van der Waals surface area (Å²) in [5, 5.41) is 9.22. The first-order valence-electron chi connectivity index (χ1n) is 8.52. The molecule has 0 spiro atoms. The first-order valence-corrected chi connectivity index (χ1v) is 8.90. The molecule has 1 aromatic heterocycles. The third-order valence-corrected chi connectivity index (χ3v) is 4.80. The summed E-state index contributed by atoms with van der Waals surface area (Å²) in [7, 11) is 1.69. The Morgan fingerprint density at radius 2 is 1.96 bits per heavy atom. The number of hydrogen-bond donors (Lipinski definition) is 1. The van der Waals surface area contributed by atoms with Crippen LogP contribution in [0, 0.1) is 0 Å². The summed E-state index contributed by atoms with van der Waals surface area (Å²) in [5.74, 6) is 1.92. The van der Waals surface area contributed by atoms with Crippen molar-refractivity contribution in [2.24, 2.45) is 0 Å². The highest BCUT2D eigenvalue weighted by molar-refractivity contribution is 6.30. The summed E-state index contributed by atoms with van der Waals surface area (Å²) in [5.41, 5.74) is 4.36. The van der Waals surface area contributed by atoms with Crippen LogP contribution < -0.4 is 10.1 Å². The van der Waals surface area contributed by atoms with Gasteiger partial charge in [0.1, 0.15) is 11.6 Å². The summed E-state index contributed by atoms with van der Waals surface area (Å²) in [4.78, 5) is 0. The molecule has 1 aliphatic heterocycles. The molecule has 5 heteroatoms. The predicted molar refractivity (Wildman–Crippen MR) is 102 cm³/mol. The van der Waals surface area contributed by atoms with Crippen molar-refractivity contribution in [3.63, 3.8) is 0 Å². The fourth-order valence-corrected chi connectivity index (χ4v) is 3.40. The summed E-state index contributed by atoms with van der Waals surface area (Å²) >= 11 is 6.04. The standard InChI is InChI=1S/C20H20ClN3O/c1-25-17-6-4-5-14(13-17)19-18-7-2-3-12-22-20(18)24(23-19)16-10-8-15(21)9-11-16/h4-6,8-11,13,22H,2-3,7,12H2,1H3. The van der Waals surface area contributed by atoms with E-state index in [2.05, 4.69) is 11.4 Å². The van der Waals surface area contributed by atoms with Gasteiger partial charge in [0.05, 0.1) is 18.5 Å². The molecule has 0 radical (unpaired) electrons. The zero-order valence-corrected chi connectivity index (χ0v) is 14.9. The number of benzene rings is 2. The molecule has 3 aromatic rings. The van der Waals surface area contributed by atoms with Gasteiger partial charge in [-0.2, -0.15) is 5.10 Å². The zero-order chi connectivity index (χ0) is 17.2. The Hall–Kier alpha value is -2.46. The number of anilines is 1. The molecule has 2 heterocycles. The lowest BCUT2D eigenvalue weighted by Crippen LogP contribution is -2.07. The Balaban J connectivity index is 1.88. The number of aromatic nitrogens is 2. The number of hydrogen-bond acceptors (Lipinski definition) is 3. The van der Waals surface area contributed by atoms with Gasteiger partial charge < -0.3 is 10.1 Å². The fraction of sp³-hybridized carbons (Fsp3) is 0.250. The quantitative estimate of drug-likeness (QED) is 0.724. The topological polar surface area (TPSA) is 39.1 Å². The molecule has 0 bridgehead atoms. The van der Waals surface area contributed by atoms with Gasteiger partial charge in [-0.05, 0) is 55.7 Å². The summed E-state index contributed by atoms with van der Waals surface area (Å²) < 4.78 is 7.38. The zero-order valence-electron chi connectivity index (χ0n) is 14.1. The van der Waals surface area contributed by atoms with E-state index in [1.165, 1.54) is 5.56 Å². The number of ether oxygens (including phenoxy) is 1. The molecule has 0 saturated carbocycles. The highest BCUT2D eigenvalue weighted by atomic mass is 35.5. The number of halogens is 1. The summed E-state index contributed by atoms with van der Waals surface area (Å²) in [6.45, 7) is 0.962. The van der Waals surface area contributed by atoms with Gasteiger partial charge in [-0.25, -0.2) is 4.68 Å². The van der Waals surface area contributed by atoms with Gasteiger partial charge >= 0.3 is 0 Å². The van der Waals surface area contributed by atoms with E-state index in [0.29, 0.717) is 0 Å². The van der Waals surface area contributed by atoms with E-state index >= 15 is 0 Å². The van der Waals surface area contributed by atoms with E-state index in [-0.39, 0.29) is 0 Å². The minimum atomic E-state index is 0.725. The maximum atomic E-state index is 6.04. The number of nitrogens with zero attached hydrogens (tertiary/aromatic N) is 2. The lowest BCUT2D eigenvalue weighted by Gasteiger charge is -2.09. The molecule has 0 fully saturated rings. The first-order chi connectivity index (χ1) is 12.3. The lowest BCUT2D eigenvalue weighted by molar-refractivity contribution is 0.415. The fourth-order valence-electron chi connectivity index (χ4n) is 3.27. The largest absolute Gasteiger partial charge is 0.497 e. The molecule has 128 valence electrons. The summed E-state index contributed by atoms with van der Waals surface area (Å²) in [6, 6.07) is 15.9. The SMILES string of the molecule is COc1cccc(-c2nn(-c3ccc(Cl)cc3)c3c2CCCCN3)c1. The van der Waals surface area contributed by atoms with Crippen LogP contribution in [0.5, 0.6) is 5.75 Å². The second kappa shape index (κ2) is 6.81. The van der Waals surface area contributed by atoms with Crippen molar-refractivity contribution in [2.45, 2.75) is 19.3 Å². The van der Waals surface area contributed by atoms with E-state index < -0.39 is 0 Å². The molecule has 1 N–H and O–H groups in total. The second-order valence-corrected chi connectivity index (χ2v) is 6.62. The number of methoxy groups -OCH3 is 1. The molecular weight excluding hydrogens is 334 g/mol. The smallest absolute Gasteiger partial charge is 0.133 e. The van der Waals surface area contributed by atoms with Gasteiger partial charge in [0.25, 0.3) is 0 Å². The van der Waals surface area contributed by atoms with Crippen molar-refractivity contribution in [3.8, 4) is 22.7 Å². The van der Waals surface area contributed by atoms with Crippen molar-refractivity contribution in [1.29, 1.82) is 0 Å². The van der Waals surface area contributed by atoms with Crippen molar-refractivity contribution >= 4 is 17.4 Å². The average molecular weight is 354 g/mol. The van der Waals surface area contributed by atoms with E-state index in [1.807, 2.05) is 47.1 Å². The van der Waals surface area contributed by atoms with E-state index in [1.54, 1.807) is 7.11 Å². The number of rotatable bonds is 3. The molecule has 0 unspecified atom stereocenters. The second-order valence-electron chi connectivity index (χ2n) is 6.18. The first kappa shape index (κ1) is 16.0. The van der Waals surface area contributed by atoms with Gasteiger partial charge in [0.15, 0.2) is 0 Å². The molecule has 4 rings (SSSR count). The average Bonchev–Trinajstić information content (AvgIpc) is 2.84. The third kappa shape index (κ3) is 3.10. The van der Waals surface area contributed by atoms with Crippen LogP contribution in [0.2, 0.25) is 5.02 Å². The van der Waals surface area contributed by atoms with Crippen LogP contribution in [0.15, 0.2) is 48.5 Å². The normalized spacial score (nSPS) is 13.7. The van der Waals surface area contributed by atoms with Crippen molar-refractivity contribution in [1.82, 2.24) is 9.78 Å². The Morgan fingerprint density at radius 1 is 1.12 bits per heavy atom. The van der Waals surface area contributed by atoms with E-state index in [9.17, 15) is 0 Å². The third-order valence-electron chi connectivity index (χ3n) is 4.54. The number of nitrogens with one attached hydrogen (secondary N) is 1. The maximum absolute atomic E-state index is 6.04. The molecule has 25 heavy (non-hydrogen) atoms. The predicted octanol–water partition coefficient (Wildman–Crippen LogP) is 4.95. The minimum absolute atomic E-state index is 0.725. The van der Waals surface area contributed by atoms with Crippen LogP contribution in [0.4, 0.5) is 5.82 Å². The van der Waals surface area contributed by atoms with Crippen molar-refractivity contribution in [3.05, 3.63) is 59.1 Å². The molecule has 2 aromatic carbocycles. The molecule has 4 nitrogen and oxygen atoms in total. The van der Waals surface area contributed by atoms with Gasteiger partial charge in [-0.15, -0.1) is 0 Å². The van der Waals surface area contributed by atoms with Crippen LogP contribution >= 0.6 is 11.6 Å². The van der Waals surface area contributed by atoms with Crippen molar-refractivity contribution < 1.29 is 4.74 Å². The minimum Gasteiger partial charge on any atom is -0.497 e. The van der Waals surface area contributed by atoms with Gasteiger partial charge in [0, 0.05) is 22.7 Å². The highest BCUT2D eigenvalue weighted by Crippen LogP contribution is 2.35. The van der Waals surface area contributed by atoms with Crippen LogP contribution in [0.3, 0.4) is 0 Å². The molecule has 0 aliphatic carbocycles. The Bertz CT molecular complexity index is 886. The maximum Gasteiger partial charge on any atom is 0.133 e. The molecule has 1 aliphatic rings. The van der Waals surface area contributed by atoms with E-state index in [0.717, 1.165) is 59.3 Å². The van der Waals surface area contributed by atoms with Crippen molar-refractivity contribution in [2.75, 3.05) is 19.0 Å². The Kier molecular flexibility index (Phi) is 4.36. The Labute approximate surface area is 152 Å². The monoisotopic (exact) mass is 353 g/mol. The lowest BCUT2D eigenvalue weighted by atomic mass is 10.0. The van der Waals surface area contributed by atoms with Crippen LogP contribution in [0.1, 0.15) is 18.4 Å². The molecular formula is C20H20ClN3O. The number of fused-ring (bicyclic) bond motifs is 1. The van der Waals surface area contributed by atoms with Crippen LogP contribution in [-0.2, 0) is 6.42 Å². The molecule has 0 saturated heterocycles. The highest BCUT2D eigenvalue weighted by Gasteiger charge is 2.21.